The molecule has 1 amide bonds. The van der Waals surface area contributed by atoms with Crippen molar-refractivity contribution in [1.29, 1.82) is 0 Å². The number of carbonyl (C=O) groups excluding carboxylic acids is 1. The Balaban J connectivity index is 2.05. The molecule has 1 saturated heterocycles. The zero-order chi connectivity index (χ0) is 11.5. The van der Waals surface area contributed by atoms with Gasteiger partial charge in [-0.3, -0.25) is 4.79 Å². The van der Waals surface area contributed by atoms with Gasteiger partial charge in [0, 0.05) is 19.0 Å². The smallest absolute Gasteiger partial charge is 0.276 e. The van der Waals surface area contributed by atoms with Crippen molar-refractivity contribution in [3.63, 3.8) is 0 Å². The summed E-state index contributed by atoms with van der Waals surface area (Å²) in [5.41, 5.74) is 5.94. The molecule has 0 aromatic carbocycles. The normalized spacial score (nSPS) is 20.8. The van der Waals surface area contributed by atoms with Crippen molar-refractivity contribution in [1.82, 2.24) is 20.3 Å². The summed E-state index contributed by atoms with van der Waals surface area (Å²) in [4.78, 5) is 14.2. The fourth-order valence-electron chi connectivity index (χ4n) is 1.86. The quantitative estimate of drug-likeness (QED) is 0.706. The van der Waals surface area contributed by atoms with Crippen LogP contribution in [0.25, 0.3) is 0 Å². The Labute approximate surface area is 98.2 Å². The maximum Gasteiger partial charge on any atom is 0.276 e. The highest BCUT2D eigenvalue weighted by atomic mass is 32.1. The number of rotatable bonds is 2. The van der Waals surface area contributed by atoms with Crippen LogP contribution in [0.4, 0.5) is 0 Å². The number of aromatic amines is 1. The average Bonchev–Trinajstić information content (AvgIpc) is 2.81. The molecule has 1 atom stereocenters. The van der Waals surface area contributed by atoms with Crippen LogP contribution in [-0.2, 0) is 0 Å². The SMILES string of the molecule is NC(=S)C1CCCN(C(=O)c2cn[nH]n2)C1. The molecule has 0 radical (unpaired) electrons. The third-order valence-corrected chi connectivity index (χ3v) is 3.08. The Kier molecular flexibility index (Phi) is 3.14. The van der Waals surface area contributed by atoms with Gasteiger partial charge in [-0.05, 0) is 12.8 Å². The van der Waals surface area contributed by atoms with Gasteiger partial charge in [-0.2, -0.15) is 15.4 Å². The number of piperidine rings is 1. The molecule has 0 saturated carbocycles. The van der Waals surface area contributed by atoms with E-state index < -0.39 is 0 Å². The van der Waals surface area contributed by atoms with Gasteiger partial charge < -0.3 is 10.6 Å². The lowest BCUT2D eigenvalue weighted by atomic mass is 9.98. The Morgan fingerprint density at radius 3 is 3.12 bits per heavy atom. The van der Waals surface area contributed by atoms with Gasteiger partial charge in [0.1, 0.15) is 0 Å². The number of hydrogen-bond donors (Lipinski definition) is 2. The molecule has 2 heterocycles. The van der Waals surface area contributed by atoms with E-state index >= 15 is 0 Å². The lowest BCUT2D eigenvalue weighted by molar-refractivity contribution is 0.0697. The number of likely N-dealkylation sites (tertiary alicyclic amines) is 1. The molecule has 6 nitrogen and oxygen atoms in total. The molecule has 1 aromatic rings. The van der Waals surface area contributed by atoms with Gasteiger partial charge in [0.25, 0.3) is 5.91 Å². The van der Waals surface area contributed by atoms with Gasteiger partial charge in [-0.15, -0.1) is 0 Å². The van der Waals surface area contributed by atoms with Crippen LogP contribution < -0.4 is 5.73 Å². The van der Waals surface area contributed by atoms with E-state index in [0.29, 0.717) is 17.2 Å². The second kappa shape index (κ2) is 4.56. The minimum atomic E-state index is -0.116. The van der Waals surface area contributed by atoms with Crippen LogP contribution >= 0.6 is 12.2 Å². The summed E-state index contributed by atoms with van der Waals surface area (Å²) in [5, 5.41) is 9.81. The van der Waals surface area contributed by atoms with Crippen molar-refractivity contribution in [3.8, 4) is 0 Å². The molecule has 16 heavy (non-hydrogen) atoms. The van der Waals surface area contributed by atoms with Crippen LogP contribution in [0, 0.1) is 5.92 Å². The molecule has 0 aliphatic carbocycles. The van der Waals surface area contributed by atoms with Gasteiger partial charge in [0.05, 0.1) is 11.2 Å². The van der Waals surface area contributed by atoms with Crippen molar-refractivity contribution in [2.24, 2.45) is 11.7 Å². The van der Waals surface area contributed by atoms with Crippen LogP contribution in [0.15, 0.2) is 6.20 Å². The first-order valence-electron chi connectivity index (χ1n) is 5.13. The molecule has 1 fully saturated rings. The predicted molar refractivity (Wildman–Crippen MR) is 61.8 cm³/mol. The first kappa shape index (κ1) is 11.0. The molecule has 1 aliphatic heterocycles. The molecule has 0 bridgehead atoms. The first-order chi connectivity index (χ1) is 7.68. The molecule has 86 valence electrons. The number of aromatic nitrogens is 3. The number of hydrogen-bond acceptors (Lipinski definition) is 4. The van der Waals surface area contributed by atoms with Crippen LogP contribution in [0.5, 0.6) is 0 Å². The van der Waals surface area contributed by atoms with Gasteiger partial charge in [0.15, 0.2) is 5.69 Å². The monoisotopic (exact) mass is 239 g/mol. The highest BCUT2D eigenvalue weighted by Crippen LogP contribution is 2.18. The molecule has 0 spiro atoms. The maximum absolute atomic E-state index is 11.9. The van der Waals surface area contributed by atoms with E-state index in [1.807, 2.05) is 0 Å². The van der Waals surface area contributed by atoms with Gasteiger partial charge in [-0.25, -0.2) is 0 Å². The number of amides is 1. The van der Waals surface area contributed by atoms with E-state index in [-0.39, 0.29) is 11.8 Å². The Bertz CT molecular complexity index is 391. The maximum atomic E-state index is 11.9. The van der Waals surface area contributed by atoms with Crippen LogP contribution in [-0.4, -0.2) is 44.3 Å². The third kappa shape index (κ3) is 2.19. The fraction of sp³-hybridized carbons (Fsp3) is 0.556. The zero-order valence-corrected chi connectivity index (χ0v) is 9.54. The number of H-pyrrole nitrogens is 1. The minimum absolute atomic E-state index is 0.116. The highest BCUT2D eigenvalue weighted by Gasteiger charge is 2.26. The third-order valence-electron chi connectivity index (χ3n) is 2.75. The number of nitrogens with one attached hydrogen (secondary N) is 1. The van der Waals surface area contributed by atoms with E-state index in [0.717, 1.165) is 19.4 Å². The molecular formula is C9H13N5OS. The summed E-state index contributed by atoms with van der Waals surface area (Å²) >= 11 is 4.96. The van der Waals surface area contributed by atoms with E-state index in [2.05, 4.69) is 15.4 Å². The van der Waals surface area contributed by atoms with Crippen molar-refractivity contribution >= 4 is 23.1 Å². The summed E-state index contributed by atoms with van der Waals surface area (Å²) < 4.78 is 0. The fourth-order valence-corrected chi connectivity index (χ4v) is 2.05. The summed E-state index contributed by atoms with van der Waals surface area (Å²) in [6.07, 6.45) is 3.30. The molecule has 3 N–H and O–H groups in total. The summed E-state index contributed by atoms with van der Waals surface area (Å²) in [5.74, 6) is 0.00861. The van der Waals surface area contributed by atoms with Crippen molar-refractivity contribution in [3.05, 3.63) is 11.9 Å². The van der Waals surface area contributed by atoms with Gasteiger partial charge in [-0.1, -0.05) is 12.2 Å². The molecule has 1 aliphatic rings. The Morgan fingerprint density at radius 2 is 2.50 bits per heavy atom. The largest absolute Gasteiger partial charge is 0.393 e. The number of thiocarbonyl (C=S) groups is 1. The van der Waals surface area contributed by atoms with Crippen molar-refractivity contribution < 1.29 is 4.79 Å². The van der Waals surface area contributed by atoms with Crippen molar-refractivity contribution in [2.45, 2.75) is 12.8 Å². The van der Waals surface area contributed by atoms with Crippen LogP contribution in [0.2, 0.25) is 0 Å². The standard InChI is InChI=1S/C9H13N5OS/c10-8(16)6-2-1-3-14(5-6)9(15)7-4-11-13-12-7/h4,6H,1-3,5H2,(H2,10,16)(H,11,12,13). The molecule has 2 rings (SSSR count). The summed E-state index contributed by atoms with van der Waals surface area (Å²) in [7, 11) is 0. The van der Waals surface area contributed by atoms with Crippen LogP contribution in [0.1, 0.15) is 23.3 Å². The number of nitrogens with two attached hydrogens (primary N) is 1. The summed E-state index contributed by atoms with van der Waals surface area (Å²) in [6.45, 7) is 1.31. The zero-order valence-electron chi connectivity index (χ0n) is 8.72. The van der Waals surface area contributed by atoms with E-state index in [9.17, 15) is 4.79 Å². The predicted octanol–water partition coefficient (Wildman–Crippen LogP) is -0.0570. The molecular weight excluding hydrogens is 226 g/mol. The molecule has 7 heteroatoms. The van der Waals surface area contributed by atoms with Crippen LogP contribution in [0.3, 0.4) is 0 Å². The van der Waals surface area contributed by atoms with E-state index in [1.165, 1.54) is 6.20 Å². The second-order valence-corrected chi connectivity index (χ2v) is 4.32. The van der Waals surface area contributed by atoms with Gasteiger partial charge >= 0.3 is 0 Å². The molecule has 1 unspecified atom stereocenters. The van der Waals surface area contributed by atoms with E-state index in [4.69, 9.17) is 18.0 Å². The Hall–Kier alpha value is -1.50. The van der Waals surface area contributed by atoms with E-state index in [1.54, 1.807) is 4.90 Å². The topological polar surface area (TPSA) is 87.9 Å². The van der Waals surface area contributed by atoms with Gasteiger partial charge in [0.2, 0.25) is 0 Å². The number of nitrogens with zero attached hydrogens (tertiary/aromatic N) is 3. The lowest BCUT2D eigenvalue weighted by Gasteiger charge is -2.31. The first-order valence-corrected chi connectivity index (χ1v) is 5.53. The van der Waals surface area contributed by atoms with Crippen molar-refractivity contribution in [2.75, 3.05) is 13.1 Å². The Morgan fingerprint density at radius 1 is 1.69 bits per heavy atom. The second-order valence-electron chi connectivity index (χ2n) is 3.85. The minimum Gasteiger partial charge on any atom is -0.393 e. The highest BCUT2D eigenvalue weighted by molar-refractivity contribution is 7.80. The summed E-state index contributed by atoms with van der Waals surface area (Å²) in [6, 6.07) is 0. The lowest BCUT2D eigenvalue weighted by Crippen LogP contribution is -2.43. The molecule has 1 aromatic heterocycles. The number of carbonyl (C=O) groups is 1. The average molecular weight is 239 g/mol.